The predicted octanol–water partition coefficient (Wildman–Crippen LogP) is 4.66. The summed E-state index contributed by atoms with van der Waals surface area (Å²) in [6.07, 6.45) is 2.65. The minimum atomic E-state index is -0.494. The van der Waals surface area contributed by atoms with E-state index in [0.29, 0.717) is 25.3 Å². The smallest absolute Gasteiger partial charge is 0.240 e. The molecule has 1 aliphatic rings. The van der Waals surface area contributed by atoms with E-state index in [4.69, 9.17) is 9.47 Å². The van der Waals surface area contributed by atoms with Crippen LogP contribution in [0.4, 0.5) is 0 Å². The molecule has 0 atom stereocenters. The van der Waals surface area contributed by atoms with Gasteiger partial charge in [-0.1, -0.05) is 39.0 Å². The van der Waals surface area contributed by atoms with Crippen molar-refractivity contribution in [3.8, 4) is 11.5 Å². The number of nitrogens with zero attached hydrogens (tertiary/aromatic N) is 1. The van der Waals surface area contributed by atoms with Gasteiger partial charge >= 0.3 is 0 Å². The lowest BCUT2D eigenvalue weighted by atomic mass is 9.86. The summed E-state index contributed by atoms with van der Waals surface area (Å²) in [7, 11) is 0. The molecule has 0 aliphatic carbocycles. The van der Waals surface area contributed by atoms with E-state index in [-0.39, 0.29) is 18.2 Å². The van der Waals surface area contributed by atoms with Crippen LogP contribution in [-0.2, 0) is 17.9 Å². The predicted molar refractivity (Wildman–Crippen MR) is 124 cm³/mol. The van der Waals surface area contributed by atoms with Crippen molar-refractivity contribution in [3.05, 3.63) is 59.3 Å². The second kappa shape index (κ2) is 8.69. The Balaban J connectivity index is 1.51. The first-order valence-electron chi connectivity index (χ1n) is 11.0. The molecule has 0 fully saturated rings. The van der Waals surface area contributed by atoms with Gasteiger partial charge in [-0.2, -0.15) is 0 Å². The Kier molecular flexibility index (Phi) is 5.96. The highest BCUT2D eigenvalue weighted by Crippen LogP contribution is 2.33. The fourth-order valence-electron chi connectivity index (χ4n) is 3.91. The van der Waals surface area contributed by atoms with Crippen LogP contribution in [0.15, 0.2) is 42.6 Å². The molecule has 0 radical (unpaired) electrons. The first kappa shape index (κ1) is 21.9. The number of ether oxygens (including phenoxy) is 2. The molecule has 168 valence electrons. The Labute approximate surface area is 188 Å². The Hall–Kier alpha value is -3.28. The van der Waals surface area contributed by atoms with E-state index in [1.54, 1.807) is 6.20 Å². The number of hydrogen-bond donors (Lipinski definition) is 1. The van der Waals surface area contributed by atoms with E-state index in [0.717, 1.165) is 39.9 Å². The molecule has 6 nitrogen and oxygen atoms in total. The molecule has 32 heavy (non-hydrogen) atoms. The average molecular weight is 435 g/mol. The minimum Gasteiger partial charge on any atom is -0.490 e. The van der Waals surface area contributed by atoms with Gasteiger partial charge in [-0.3, -0.25) is 9.59 Å². The Bertz CT molecular complexity index is 1170. The quantitative estimate of drug-likeness (QED) is 0.593. The van der Waals surface area contributed by atoms with Crippen molar-refractivity contribution in [1.82, 2.24) is 9.88 Å². The number of aryl methyl sites for hydroxylation is 1. The van der Waals surface area contributed by atoms with E-state index >= 15 is 0 Å². The summed E-state index contributed by atoms with van der Waals surface area (Å²) in [5.41, 5.74) is 3.07. The van der Waals surface area contributed by atoms with E-state index in [9.17, 15) is 9.59 Å². The molecule has 2 aromatic carbocycles. The summed E-state index contributed by atoms with van der Waals surface area (Å²) in [6, 6.07) is 11.6. The van der Waals surface area contributed by atoms with Crippen LogP contribution in [0.3, 0.4) is 0 Å². The Morgan fingerprint density at radius 1 is 1.06 bits per heavy atom. The molecular weight excluding hydrogens is 404 g/mol. The normalized spacial score (nSPS) is 13.6. The topological polar surface area (TPSA) is 69.6 Å². The highest BCUT2D eigenvalue weighted by molar-refractivity contribution is 6.10. The average Bonchev–Trinajstić information content (AvgIpc) is 2.94. The van der Waals surface area contributed by atoms with Crippen LogP contribution in [0.2, 0.25) is 0 Å². The number of benzene rings is 2. The number of Topliss-reactive ketones (excluding diaryl/α,β-unsaturated/α-hetero) is 1. The van der Waals surface area contributed by atoms with Gasteiger partial charge in [-0.05, 0) is 36.2 Å². The van der Waals surface area contributed by atoms with Crippen molar-refractivity contribution >= 4 is 22.6 Å². The molecule has 0 unspecified atom stereocenters. The summed E-state index contributed by atoms with van der Waals surface area (Å²) in [5, 5.41) is 3.88. The molecule has 1 aliphatic heterocycles. The van der Waals surface area contributed by atoms with Crippen LogP contribution >= 0.6 is 0 Å². The van der Waals surface area contributed by atoms with Crippen LogP contribution in [-0.4, -0.2) is 29.5 Å². The standard InChI is InChI=1S/C26H30N2O4/c1-17-12-22-23(32-11-7-10-31-22)13-18(17)14-27-24(29)16-28-15-20(25(30)26(2,3)4)19-8-5-6-9-21(19)28/h5-6,8-9,12-13,15H,7,10-11,14,16H2,1-4H3,(H,27,29). The van der Waals surface area contributed by atoms with Crippen LogP contribution in [0, 0.1) is 12.3 Å². The van der Waals surface area contributed by atoms with Crippen LogP contribution in [0.5, 0.6) is 11.5 Å². The van der Waals surface area contributed by atoms with Crippen molar-refractivity contribution in [2.75, 3.05) is 13.2 Å². The third-order valence-corrected chi connectivity index (χ3v) is 5.71. The molecule has 0 spiro atoms. The lowest BCUT2D eigenvalue weighted by Crippen LogP contribution is -2.27. The molecule has 3 aromatic rings. The number of carbonyl (C=O) groups excluding carboxylic acids is 2. The Morgan fingerprint density at radius 3 is 2.47 bits per heavy atom. The maximum absolute atomic E-state index is 12.9. The van der Waals surface area contributed by atoms with E-state index in [1.165, 1.54) is 0 Å². The number of carbonyl (C=O) groups is 2. The van der Waals surface area contributed by atoms with E-state index in [1.807, 2.05) is 68.7 Å². The number of fused-ring (bicyclic) bond motifs is 2. The highest BCUT2D eigenvalue weighted by Gasteiger charge is 2.26. The van der Waals surface area contributed by atoms with Crippen molar-refractivity contribution < 1.29 is 19.1 Å². The summed E-state index contributed by atoms with van der Waals surface area (Å²) in [6.45, 7) is 9.53. The van der Waals surface area contributed by atoms with Gasteiger partial charge in [-0.25, -0.2) is 0 Å². The fraction of sp³-hybridized carbons (Fsp3) is 0.385. The van der Waals surface area contributed by atoms with Gasteiger partial charge in [0.15, 0.2) is 17.3 Å². The maximum Gasteiger partial charge on any atom is 0.240 e. The first-order valence-corrected chi connectivity index (χ1v) is 11.0. The van der Waals surface area contributed by atoms with Gasteiger partial charge in [0, 0.05) is 41.0 Å². The van der Waals surface area contributed by atoms with Crippen molar-refractivity contribution in [1.29, 1.82) is 0 Å². The zero-order valence-corrected chi connectivity index (χ0v) is 19.2. The summed E-state index contributed by atoms with van der Waals surface area (Å²) in [5.74, 6) is 1.42. The van der Waals surface area contributed by atoms with Gasteiger partial charge in [0.1, 0.15) is 6.54 Å². The van der Waals surface area contributed by atoms with Gasteiger partial charge < -0.3 is 19.4 Å². The second-order valence-electron chi connectivity index (χ2n) is 9.32. The van der Waals surface area contributed by atoms with Crippen molar-refractivity contribution in [2.24, 2.45) is 5.41 Å². The zero-order valence-electron chi connectivity index (χ0n) is 19.2. The number of ketones is 1. The SMILES string of the molecule is Cc1cc2c(cc1CNC(=O)Cn1cc(C(=O)C(C)(C)C)c3ccccc31)OCCCO2. The number of rotatable bonds is 5. The molecule has 1 N–H and O–H groups in total. The Morgan fingerprint density at radius 2 is 1.75 bits per heavy atom. The van der Waals surface area contributed by atoms with E-state index < -0.39 is 5.41 Å². The van der Waals surface area contributed by atoms with E-state index in [2.05, 4.69) is 5.32 Å². The number of hydrogen-bond acceptors (Lipinski definition) is 4. The third kappa shape index (κ3) is 4.49. The van der Waals surface area contributed by atoms with Gasteiger partial charge in [0.25, 0.3) is 0 Å². The number of amides is 1. The molecule has 0 saturated carbocycles. The summed E-state index contributed by atoms with van der Waals surface area (Å²) >= 11 is 0. The first-order chi connectivity index (χ1) is 15.2. The number of nitrogens with one attached hydrogen (secondary N) is 1. The highest BCUT2D eigenvalue weighted by atomic mass is 16.5. The van der Waals surface area contributed by atoms with Crippen molar-refractivity contribution in [2.45, 2.75) is 47.2 Å². The van der Waals surface area contributed by atoms with Gasteiger partial charge in [0.05, 0.1) is 13.2 Å². The number of aromatic nitrogens is 1. The molecule has 6 heteroatoms. The molecule has 0 bridgehead atoms. The maximum atomic E-state index is 12.9. The molecule has 2 heterocycles. The molecular formula is C26H30N2O4. The summed E-state index contributed by atoms with van der Waals surface area (Å²) in [4.78, 5) is 25.7. The lowest BCUT2D eigenvalue weighted by Gasteiger charge is -2.15. The monoisotopic (exact) mass is 434 g/mol. The molecule has 0 saturated heterocycles. The third-order valence-electron chi connectivity index (χ3n) is 5.71. The fourth-order valence-corrected chi connectivity index (χ4v) is 3.91. The largest absolute Gasteiger partial charge is 0.490 e. The van der Waals surface area contributed by atoms with Crippen LogP contribution in [0.25, 0.3) is 10.9 Å². The van der Waals surface area contributed by atoms with Crippen LogP contribution < -0.4 is 14.8 Å². The second-order valence-corrected chi connectivity index (χ2v) is 9.32. The zero-order chi connectivity index (χ0) is 22.9. The molecule has 1 amide bonds. The number of para-hydroxylation sites is 1. The molecule has 1 aromatic heterocycles. The minimum absolute atomic E-state index is 0.0654. The van der Waals surface area contributed by atoms with Gasteiger partial charge in [-0.15, -0.1) is 0 Å². The van der Waals surface area contributed by atoms with Crippen LogP contribution in [0.1, 0.15) is 48.7 Å². The lowest BCUT2D eigenvalue weighted by molar-refractivity contribution is -0.121. The summed E-state index contributed by atoms with van der Waals surface area (Å²) < 4.78 is 13.4. The van der Waals surface area contributed by atoms with Gasteiger partial charge in [0.2, 0.25) is 5.91 Å². The van der Waals surface area contributed by atoms with Crippen molar-refractivity contribution in [3.63, 3.8) is 0 Å². The molecule has 4 rings (SSSR count).